The highest BCUT2D eigenvalue weighted by atomic mass is 16.3. The van der Waals surface area contributed by atoms with E-state index in [-0.39, 0.29) is 0 Å². The first-order chi connectivity index (χ1) is 9.71. The van der Waals surface area contributed by atoms with Gasteiger partial charge in [-0.3, -0.25) is 0 Å². The summed E-state index contributed by atoms with van der Waals surface area (Å²) in [6.45, 7) is 12.7. The Labute approximate surface area is 127 Å². The second kappa shape index (κ2) is 13.9. The first-order valence-corrected chi connectivity index (χ1v) is 9.04. The zero-order chi connectivity index (χ0) is 15.2. The number of unbranched alkanes of at least 4 members (excludes halogenated alkanes) is 2. The van der Waals surface area contributed by atoms with Crippen LogP contribution in [0.5, 0.6) is 0 Å². The van der Waals surface area contributed by atoms with Gasteiger partial charge in [0.25, 0.3) is 0 Å². The maximum Gasteiger partial charge on any atom is 0.0558 e. The van der Waals surface area contributed by atoms with E-state index < -0.39 is 0 Å². The molecule has 0 amide bonds. The number of aliphatic hydroxyl groups is 1. The molecule has 2 atom stereocenters. The van der Waals surface area contributed by atoms with Crippen molar-refractivity contribution >= 4 is 0 Å². The number of rotatable bonds is 14. The Morgan fingerprint density at radius 2 is 1.25 bits per heavy atom. The number of aliphatic hydroxyl groups excluding tert-OH is 1. The lowest BCUT2D eigenvalue weighted by molar-refractivity contribution is 0.145. The molecule has 0 aromatic carbocycles. The van der Waals surface area contributed by atoms with Crippen LogP contribution in [0.1, 0.15) is 79.1 Å². The van der Waals surface area contributed by atoms with Crippen molar-refractivity contribution in [3.63, 3.8) is 0 Å². The molecule has 0 aromatic heterocycles. The summed E-state index contributed by atoms with van der Waals surface area (Å²) in [6, 6.07) is 0. The van der Waals surface area contributed by atoms with Crippen molar-refractivity contribution in [1.29, 1.82) is 0 Å². The maximum absolute atomic E-state index is 9.32. The van der Waals surface area contributed by atoms with Crippen LogP contribution in [0, 0.1) is 11.8 Å². The smallest absolute Gasteiger partial charge is 0.0558 e. The lowest BCUT2D eigenvalue weighted by Gasteiger charge is -2.30. The second-order valence-corrected chi connectivity index (χ2v) is 6.32. The zero-order valence-corrected chi connectivity index (χ0v) is 14.5. The third kappa shape index (κ3) is 9.77. The Hall–Kier alpha value is -0.0800. The molecule has 1 N–H and O–H groups in total. The highest BCUT2D eigenvalue weighted by Crippen LogP contribution is 2.18. The molecule has 0 spiro atoms. The van der Waals surface area contributed by atoms with Crippen LogP contribution in [0.4, 0.5) is 0 Å². The van der Waals surface area contributed by atoms with Gasteiger partial charge in [0.1, 0.15) is 0 Å². The summed E-state index contributed by atoms with van der Waals surface area (Å²) in [5.41, 5.74) is 0. The first kappa shape index (κ1) is 19.9. The topological polar surface area (TPSA) is 23.5 Å². The van der Waals surface area contributed by atoms with Crippen LogP contribution < -0.4 is 0 Å². The van der Waals surface area contributed by atoms with Crippen molar-refractivity contribution in [2.75, 3.05) is 26.2 Å². The molecule has 0 aliphatic carbocycles. The minimum atomic E-state index is 0.300. The molecular weight excluding hydrogens is 246 g/mol. The normalized spacial score (nSPS) is 14.7. The van der Waals surface area contributed by atoms with Crippen LogP contribution in [0.3, 0.4) is 0 Å². The lowest BCUT2D eigenvalue weighted by atomic mass is 9.96. The predicted molar refractivity (Wildman–Crippen MR) is 90.1 cm³/mol. The van der Waals surface area contributed by atoms with Gasteiger partial charge in [0.2, 0.25) is 0 Å². The van der Waals surface area contributed by atoms with Gasteiger partial charge in [0.05, 0.1) is 6.61 Å². The summed E-state index contributed by atoms with van der Waals surface area (Å²) in [5.74, 6) is 1.62. The maximum atomic E-state index is 9.32. The molecule has 0 aliphatic rings. The van der Waals surface area contributed by atoms with Crippen LogP contribution in [0.2, 0.25) is 0 Å². The largest absolute Gasteiger partial charge is 0.395 e. The van der Waals surface area contributed by atoms with E-state index >= 15 is 0 Å². The molecule has 20 heavy (non-hydrogen) atoms. The van der Waals surface area contributed by atoms with E-state index in [0.717, 1.165) is 18.4 Å². The van der Waals surface area contributed by atoms with E-state index in [4.69, 9.17) is 0 Å². The van der Waals surface area contributed by atoms with Gasteiger partial charge >= 0.3 is 0 Å². The minimum absolute atomic E-state index is 0.300. The van der Waals surface area contributed by atoms with Gasteiger partial charge in [-0.05, 0) is 24.7 Å². The number of hydrogen-bond acceptors (Lipinski definition) is 2. The van der Waals surface area contributed by atoms with Crippen LogP contribution >= 0.6 is 0 Å². The van der Waals surface area contributed by atoms with E-state index in [0.29, 0.717) is 6.61 Å². The standard InChI is InChI=1S/C18H39NO/c1-5-9-11-17(7-3)15-19(13-14-20)16-18(8-4)12-10-6-2/h17-18,20H,5-16H2,1-4H3. The van der Waals surface area contributed by atoms with E-state index in [1.807, 2.05) is 0 Å². The lowest BCUT2D eigenvalue weighted by Crippen LogP contribution is -2.36. The van der Waals surface area contributed by atoms with Crippen molar-refractivity contribution in [2.24, 2.45) is 11.8 Å². The fourth-order valence-corrected chi connectivity index (χ4v) is 2.96. The van der Waals surface area contributed by atoms with Crippen molar-refractivity contribution in [1.82, 2.24) is 4.90 Å². The predicted octanol–water partition coefficient (Wildman–Crippen LogP) is 4.71. The molecule has 0 aliphatic heterocycles. The Balaban J connectivity index is 4.29. The molecule has 2 unspecified atom stereocenters. The molecule has 0 saturated heterocycles. The Morgan fingerprint density at radius 3 is 1.55 bits per heavy atom. The molecule has 122 valence electrons. The summed E-state index contributed by atoms with van der Waals surface area (Å²) < 4.78 is 0. The highest BCUT2D eigenvalue weighted by molar-refractivity contribution is 4.69. The van der Waals surface area contributed by atoms with E-state index in [2.05, 4.69) is 32.6 Å². The van der Waals surface area contributed by atoms with Gasteiger partial charge in [-0.15, -0.1) is 0 Å². The molecule has 0 aromatic rings. The molecule has 0 saturated carbocycles. The van der Waals surface area contributed by atoms with E-state index in [9.17, 15) is 5.11 Å². The summed E-state index contributed by atoms with van der Waals surface area (Å²) in [7, 11) is 0. The van der Waals surface area contributed by atoms with Gasteiger partial charge in [0.15, 0.2) is 0 Å². The summed E-state index contributed by atoms with van der Waals surface area (Å²) in [6.07, 6.45) is 10.5. The van der Waals surface area contributed by atoms with Crippen LogP contribution in [0.25, 0.3) is 0 Å². The van der Waals surface area contributed by atoms with Gasteiger partial charge in [-0.2, -0.15) is 0 Å². The fourth-order valence-electron chi connectivity index (χ4n) is 2.96. The molecule has 0 heterocycles. The van der Waals surface area contributed by atoms with Gasteiger partial charge in [0, 0.05) is 19.6 Å². The van der Waals surface area contributed by atoms with E-state index in [1.165, 1.54) is 64.5 Å². The highest BCUT2D eigenvalue weighted by Gasteiger charge is 2.16. The fraction of sp³-hybridized carbons (Fsp3) is 1.00. The Kier molecular flexibility index (Phi) is 13.8. The molecule has 2 nitrogen and oxygen atoms in total. The van der Waals surface area contributed by atoms with Gasteiger partial charge < -0.3 is 10.0 Å². The Morgan fingerprint density at radius 1 is 0.800 bits per heavy atom. The van der Waals surface area contributed by atoms with E-state index in [1.54, 1.807) is 0 Å². The average Bonchev–Trinajstić information content (AvgIpc) is 2.47. The van der Waals surface area contributed by atoms with Crippen molar-refractivity contribution in [3.05, 3.63) is 0 Å². The van der Waals surface area contributed by atoms with Crippen LogP contribution in [-0.4, -0.2) is 36.2 Å². The second-order valence-electron chi connectivity index (χ2n) is 6.32. The molecule has 0 bridgehead atoms. The molecular formula is C18H39NO. The summed E-state index contributed by atoms with van der Waals surface area (Å²) in [4.78, 5) is 2.52. The molecule has 2 heteroatoms. The van der Waals surface area contributed by atoms with Crippen molar-refractivity contribution in [2.45, 2.75) is 79.1 Å². The average molecular weight is 286 g/mol. The summed E-state index contributed by atoms with van der Waals surface area (Å²) >= 11 is 0. The number of nitrogens with zero attached hydrogens (tertiary/aromatic N) is 1. The van der Waals surface area contributed by atoms with Gasteiger partial charge in [-0.1, -0.05) is 66.2 Å². The van der Waals surface area contributed by atoms with Gasteiger partial charge in [-0.25, -0.2) is 0 Å². The summed E-state index contributed by atoms with van der Waals surface area (Å²) in [5, 5.41) is 9.32. The quantitative estimate of drug-likeness (QED) is 0.499. The molecule has 0 radical (unpaired) electrons. The monoisotopic (exact) mass is 285 g/mol. The SMILES string of the molecule is CCCCC(CC)CN(CCO)CC(CC)CCCC. The van der Waals surface area contributed by atoms with Crippen molar-refractivity contribution < 1.29 is 5.11 Å². The van der Waals surface area contributed by atoms with Crippen molar-refractivity contribution in [3.8, 4) is 0 Å². The molecule has 0 fully saturated rings. The van der Waals surface area contributed by atoms with Crippen LogP contribution in [-0.2, 0) is 0 Å². The molecule has 0 rings (SSSR count). The zero-order valence-electron chi connectivity index (χ0n) is 14.5. The van der Waals surface area contributed by atoms with Crippen LogP contribution in [0.15, 0.2) is 0 Å². The third-order valence-corrected chi connectivity index (χ3v) is 4.54. The first-order valence-electron chi connectivity index (χ1n) is 9.04. The third-order valence-electron chi connectivity index (χ3n) is 4.54. The minimum Gasteiger partial charge on any atom is -0.395 e. The number of hydrogen-bond donors (Lipinski definition) is 1. The Bertz CT molecular complexity index is 178.